The van der Waals surface area contributed by atoms with E-state index in [1.54, 1.807) is 0 Å². The molecule has 0 amide bonds. The fraction of sp³-hybridized carbons (Fsp3) is 0.429. The van der Waals surface area contributed by atoms with Crippen molar-refractivity contribution in [3.63, 3.8) is 0 Å². The minimum atomic E-state index is -0.632. The van der Waals surface area contributed by atoms with Crippen LogP contribution in [0.2, 0.25) is 0 Å². The third kappa shape index (κ3) is 2.60. The van der Waals surface area contributed by atoms with Crippen molar-refractivity contribution in [3.05, 3.63) is 70.8 Å². The van der Waals surface area contributed by atoms with E-state index in [9.17, 15) is 10.2 Å². The first-order valence-corrected chi connectivity index (χ1v) is 8.77. The molecular weight excluding hydrogens is 284 g/mol. The van der Waals surface area contributed by atoms with Crippen LogP contribution >= 0.6 is 0 Å². The van der Waals surface area contributed by atoms with Crippen LogP contribution in [-0.2, 0) is 12.8 Å². The fourth-order valence-corrected chi connectivity index (χ4v) is 4.58. The molecule has 0 radical (unpaired) electrons. The molecule has 2 aliphatic rings. The first-order chi connectivity index (χ1) is 11.3. The minimum Gasteiger partial charge on any atom is -0.390 e. The Morgan fingerprint density at radius 3 is 1.91 bits per heavy atom. The second kappa shape index (κ2) is 6.10. The number of hydrogen-bond donors (Lipinski definition) is 2. The third-order valence-electron chi connectivity index (χ3n) is 5.74. The van der Waals surface area contributed by atoms with E-state index in [1.165, 1.54) is 22.3 Å². The van der Waals surface area contributed by atoms with Crippen LogP contribution < -0.4 is 0 Å². The summed E-state index contributed by atoms with van der Waals surface area (Å²) in [5, 5.41) is 20.9. The highest BCUT2D eigenvalue weighted by Crippen LogP contribution is 2.44. The molecule has 1 saturated carbocycles. The highest BCUT2D eigenvalue weighted by Gasteiger charge is 2.39. The summed E-state index contributed by atoms with van der Waals surface area (Å²) in [5.41, 5.74) is 5.47. The molecule has 23 heavy (non-hydrogen) atoms. The Labute approximate surface area is 137 Å². The van der Waals surface area contributed by atoms with Crippen molar-refractivity contribution in [1.82, 2.24) is 0 Å². The Morgan fingerprint density at radius 2 is 1.30 bits per heavy atom. The summed E-state index contributed by atoms with van der Waals surface area (Å²) in [4.78, 5) is 0. The molecule has 2 aromatic carbocycles. The van der Waals surface area contributed by atoms with Crippen LogP contribution in [0.3, 0.4) is 0 Å². The van der Waals surface area contributed by atoms with Crippen molar-refractivity contribution in [2.45, 2.75) is 50.2 Å². The number of fused-ring (bicyclic) bond motifs is 2. The van der Waals surface area contributed by atoms with Gasteiger partial charge in [0.05, 0.1) is 12.2 Å². The highest BCUT2D eigenvalue weighted by molar-refractivity contribution is 5.45. The minimum absolute atomic E-state index is 0.0964. The summed E-state index contributed by atoms with van der Waals surface area (Å²) in [6.07, 6.45) is 3.57. The van der Waals surface area contributed by atoms with E-state index in [4.69, 9.17) is 0 Å². The zero-order valence-corrected chi connectivity index (χ0v) is 13.4. The third-order valence-corrected chi connectivity index (χ3v) is 5.74. The second-order valence-electron chi connectivity index (χ2n) is 7.03. The van der Waals surface area contributed by atoms with Gasteiger partial charge in [0.2, 0.25) is 0 Å². The summed E-state index contributed by atoms with van der Waals surface area (Å²) < 4.78 is 0. The Hall–Kier alpha value is -1.64. The summed E-state index contributed by atoms with van der Waals surface area (Å²) in [6, 6.07) is 17.3. The topological polar surface area (TPSA) is 40.5 Å². The smallest absolute Gasteiger partial charge is 0.0836 e. The average molecular weight is 308 g/mol. The lowest BCUT2D eigenvalue weighted by molar-refractivity contribution is -0.0489. The van der Waals surface area contributed by atoms with Crippen molar-refractivity contribution in [2.24, 2.45) is 5.92 Å². The first kappa shape index (κ1) is 14.9. The van der Waals surface area contributed by atoms with E-state index in [0.29, 0.717) is 6.42 Å². The maximum Gasteiger partial charge on any atom is 0.0836 e. The summed E-state index contributed by atoms with van der Waals surface area (Å²) in [6.45, 7) is 0. The molecule has 1 fully saturated rings. The molecule has 120 valence electrons. The van der Waals surface area contributed by atoms with E-state index < -0.39 is 12.2 Å². The number of benzene rings is 2. The predicted octanol–water partition coefficient (Wildman–Crippen LogP) is 3.44. The summed E-state index contributed by atoms with van der Waals surface area (Å²) >= 11 is 0. The molecule has 2 heteroatoms. The zero-order chi connectivity index (χ0) is 15.8. The highest BCUT2D eigenvalue weighted by atomic mass is 16.3. The van der Waals surface area contributed by atoms with Gasteiger partial charge >= 0.3 is 0 Å². The van der Waals surface area contributed by atoms with Crippen molar-refractivity contribution in [1.29, 1.82) is 0 Å². The van der Waals surface area contributed by atoms with Gasteiger partial charge < -0.3 is 10.2 Å². The SMILES string of the molecule is OC1CCCC(C2c3ccccc3CCc3ccccc32)C1O. The van der Waals surface area contributed by atoms with Gasteiger partial charge in [-0.2, -0.15) is 0 Å². The zero-order valence-electron chi connectivity index (χ0n) is 13.4. The van der Waals surface area contributed by atoms with Gasteiger partial charge in [0.25, 0.3) is 0 Å². The van der Waals surface area contributed by atoms with Gasteiger partial charge in [-0.1, -0.05) is 55.0 Å². The van der Waals surface area contributed by atoms with Gasteiger partial charge in [0.1, 0.15) is 0 Å². The number of aliphatic hydroxyl groups is 2. The molecule has 0 saturated heterocycles. The van der Waals surface area contributed by atoms with Crippen LogP contribution in [0.5, 0.6) is 0 Å². The number of rotatable bonds is 1. The molecule has 2 aromatic rings. The molecule has 0 aromatic heterocycles. The quantitative estimate of drug-likeness (QED) is 0.847. The number of aliphatic hydroxyl groups excluding tert-OH is 2. The van der Waals surface area contributed by atoms with Crippen molar-refractivity contribution >= 4 is 0 Å². The van der Waals surface area contributed by atoms with E-state index in [0.717, 1.165) is 25.7 Å². The van der Waals surface area contributed by atoms with Crippen molar-refractivity contribution in [2.75, 3.05) is 0 Å². The normalized spacial score (nSPS) is 27.8. The molecule has 0 aliphatic heterocycles. The van der Waals surface area contributed by atoms with Gasteiger partial charge in [-0.05, 0) is 53.9 Å². The molecule has 0 heterocycles. The van der Waals surface area contributed by atoms with Crippen LogP contribution in [-0.4, -0.2) is 22.4 Å². The summed E-state index contributed by atoms with van der Waals surface area (Å²) in [5.74, 6) is 0.286. The fourth-order valence-electron chi connectivity index (χ4n) is 4.58. The molecule has 2 nitrogen and oxygen atoms in total. The van der Waals surface area contributed by atoms with E-state index >= 15 is 0 Å². The molecule has 3 unspecified atom stereocenters. The monoisotopic (exact) mass is 308 g/mol. The van der Waals surface area contributed by atoms with Crippen LogP contribution in [0.25, 0.3) is 0 Å². The maximum absolute atomic E-state index is 10.7. The van der Waals surface area contributed by atoms with Gasteiger partial charge in [0, 0.05) is 5.92 Å². The molecule has 2 N–H and O–H groups in total. The van der Waals surface area contributed by atoms with Gasteiger partial charge in [-0.3, -0.25) is 0 Å². The molecule has 0 bridgehead atoms. The maximum atomic E-state index is 10.7. The molecule has 0 spiro atoms. The second-order valence-corrected chi connectivity index (χ2v) is 7.03. The lowest BCUT2D eigenvalue weighted by atomic mass is 9.70. The Balaban J connectivity index is 1.86. The molecular formula is C21H24O2. The predicted molar refractivity (Wildman–Crippen MR) is 91.5 cm³/mol. The average Bonchev–Trinajstić information content (AvgIpc) is 2.75. The lowest BCUT2D eigenvalue weighted by Crippen LogP contribution is -2.40. The van der Waals surface area contributed by atoms with Gasteiger partial charge in [-0.15, -0.1) is 0 Å². The van der Waals surface area contributed by atoms with Crippen LogP contribution in [0, 0.1) is 5.92 Å². The van der Waals surface area contributed by atoms with Crippen molar-refractivity contribution in [3.8, 4) is 0 Å². The van der Waals surface area contributed by atoms with Crippen LogP contribution in [0.4, 0.5) is 0 Å². The molecule has 3 atom stereocenters. The molecule has 4 rings (SSSR count). The number of aryl methyl sites for hydroxylation is 2. The standard InChI is InChI=1S/C21H24O2/c22-19-11-5-10-18(21(19)23)20-16-8-3-1-6-14(16)12-13-15-7-2-4-9-17(15)20/h1-4,6-9,18-23H,5,10-13H2. The van der Waals surface area contributed by atoms with Crippen LogP contribution in [0.1, 0.15) is 47.4 Å². The Kier molecular flexibility index (Phi) is 3.96. The Bertz CT molecular complexity index is 646. The summed E-state index contributed by atoms with van der Waals surface area (Å²) in [7, 11) is 0. The van der Waals surface area contributed by atoms with E-state index in [2.05, 4.69) is 48.5 Å². The molecule has 2 aliphatic carbocycles. The van der Waals surface area contributed by atoms with E-state index in [1.807, 2.05) is 0 Å². The van der Waals surface area contributed by atoms with Crippen LogP contribution in [0.15, 0.2) is 48.5 Å². The lowest BCUT2D eigenvalue weighted by Gasteiger charge is -2.38. The first-order valence-electron chi connectivity index (χ1n) is 8.77. The van der Waals surface area contributed by atoms with Gasteiger partial charge in [-0.25, -0.2) is 0 Å². The van der Waals surface area contributed by atoms with E-state index in [-0.39, 0.29) is 11.8 Å². The van der Waals surface area contributed by atoms with Crippen molar-refractivity contribution < 1.29 is 10.2 Å². The Morgan fingerprint density at radius 1 is 0.739 bits per heavy atom. The largest absolute Gasteiger partial charge is 0.390 e. The number of hydrogen-bond acceptors (Lipinski definition) is 2. The van der Waals surface area contributed by atoms with Gasteiger partial charge in [0.15, 0.2) is 0 Å².